The fourth-order valence-corrected chi connectivity index (χ4v) is 4.95. The summed E-state index contributed by atoms with van der Waals surface area (Å²) in [4.78, 5) is 12.1. The Kier molecular flexibility index (Phi) is 5.95. The molecule has 0 saturated heterocycles. The van der Waals surface area contributed by atoms with Gasteiger partial charge >= 0.3 is 5.97 Å². The summed E-state index contributed by atoms with van der Waals surface area (Å²) in [6, 6.07) is 10.2. The Balaban J connectivity index is 2.18. The molecule has 0 aliphatic heterocycles. The predicted molar refractivity (Wildman–Crippen MR) is 105 cm³/mol. The lowest BCUT2D eigenvalue weighted by Gasteiger charge is -2.06. The minimum Gasteiger partial charge on any atom is -0.465 e. The third-order valence-electron chi connectivity index (χ3n) is 4.06. The van der Waals surface area contributed by atoms with E-state index in [4.69, 9.17) is 4.74 Å². The van der Waals surface area contributed by atoms with Crippen molar-refractivity contribution in [3.63, 3.8) is 0 Å². The molecule has 6 nitrogen and oxygen atoms in total. The number of aryl methyl sites for hydroxylation is 1. The van der Waals surface area contributed by atoms with E-state index in [1.54, 1.807) is 6.92 Å². The number of sulfonamides is 1. The average molecular weight is 423 g/mol. The van der Waals surface area contributed by atoms with E-state index in [2.05, 4.69) is 4.40 Å². The van der Waals surface area contributed by atoms with Gasteiger partial charge in [-0.25, -0.2) is 4.39 Å². The molecule has 0 aliphatic rings. The summed E-state index contributed by atoms with van der Waals surface area (Å²) in [7, 11) is -4.07. The summed E-state index contributed by atoms with van der Waals surface area (Å²) >= 11 is 1.17. The molecule has 0 bridgehead atoms. The van der Waals surface area contributed by atoms with E-state index in [9.17, 15) is 17.6 Å². The van der Waals surface area contributed by atoms with Gasteiger partial charge in [-0.3, -0.25) is 4.79 Å². The molecular weight excluding hydrogens is 403 g/mol. The van der Waals surface area contributed by atoms with Crippen molar-refractivity contribution in [2.45, 2.75) is 31.7 Å². The monoisotopic (exact) mass is 422 g/mol. The van der Waals surface area contributed by atoms with Crippen molar-refractivity contribution < 1.29 is 22.3 Å². The molecule has 0 aliphatic carbocycles. The summed E-state index contributed by atoms with van der Waals surface area (Å²) in [5.41, 5.74) is 1.79. The number of fused-ring (bicyclic) bond motifs is 1. The molecule has 3 aromatic rings. The van der Waals surface area contributed by atoms with Crippen molar-refractivity contribution in [2.24, 2.45) is 4.40 Å². The molecule has 9 heteroatoms. The van der Waals surface area contributed by atoms with Gasteiger partial charge < -0.3 is 9.30 Å². The lowest BCUT2D eigenvalue weighted by atomic mass is 10.2. The Morgan fingerprint density at radius 1 is 1.18 bits per heavy atom. The molecule has 0 N–H and O–H groups in total. The Hall–Kier alpha value is -2.52. The number of benzene rings is 2. The number of carbonyl (C=O) groups is 1. The van der Waals surface area contributed by atoms with Gasteiger partial charge in [0, 0.05) is 0 Å². The summed E-state index contributed by atoms with van der Waals surface area (Å²) in [5, 5.41) is 0. The van der Waals surface area contributed by atoms with Gasteiger partial charge in [-0.05, 0) is 55.3 Å². The van der Waals surface area contributed by atoms with Crippen LogP contribution < -0.4 is 4.80 Å². The van der Waals surface area contributed by atoms with Crippen LogP contribution in [0.1, 0.15) is 19.4 Å². The molecule has 28 heavy (non-hydrogen) atoms. The van der Waals surface area contributed by atoms with E-state index >= 15 is 0 Å². The van der Waals surface area contributed by atoms with Crippen molar-refractivity contribution in [2.75, 3.05) is 6.61 Å². The number of hydrogen-bond acceptors (Lipinski definition) is 5. The Labute approximate surface area is 166 Å². The summed E-state index contributed by atoms with van der Waals surface area (Å²) in [6.07, 6.45) is 0.825. The maximum Gasteiger partial charge on any atom is 0.326 e. The molecule has 1 aromatic heterocycles. The molecule has 0 unspecified atom stereocenters. The standard InChI is InChI=1S/C19H19FN2O4S2/c1-3-13-5-10-16-17(11-13)27-19(22(16)12-18(23)26-4-2)21-28(24,25)15-8-6-14(20)7-9-15/h5-11H,3-4,12H2,1-2H3/b21-19-. The predicted octanol–water partition coefficient (Wildman–Crippen LogP) is 3.26. The summed E-state index contributed by atoms with van der Waals surface area (Å²) in [6.45, 7) is 3.79. The van der Waals surface area contributed by atoms with Crippen molar-refractivity contribution in [3.8, 4) is 0 Å². The molecule has 3 rings (SSSR count). The van der Waals surface area contributed by atoms with E-state index < -0.39 is 21.8 Å². The van der Waals surface area contributed by atoms with E-state index in [1.165, 1.54) is 15.9 Å². The van der Waals surface area contributed by atoms with E-state index in [-0.39, 0.29) is 22.8 Å². The van der Waals surface area contributed by atoms with Gasteiger partial charge in [0.25, 0.3) is 10.0 Å². The normalized spacial score (nSPS) is 12.5. The number of aromatic nitrogens is 1. The van der Waals surface area contributed by atoms with Gasteiger partial charge in [-0.1, -0.05) is 24.3 Å². The van der Waals surface area contributed by atoms with Crippen LogP contribution in [0.4, 0.5) is 4.39 Å². The topological polar surface area (TPSA) is 77.7 Å². The lowest BCUT2D eigenvalue weighted by Crippen LogP contribution is -2.23. The van der Waals surface area contributed by atoms with Crippen LogP contribution in [0.15, 0.2) is 51.8 Å². The van der Waals surface area contributed by atoms with Gasteiger partial charge in [0.15, 0.2) is 0 Å². The van der Waals surface area contributed by atoms with Crippen LogP contribution in [0.5, 0.6) is 0 Å². The highest BCUT2D eigenvalue weighted by Gasteiger charge is 2.17. The number of hydrogen-bond donors (Lipinski definition) is 0. The number of ether oxygens (including phenoxy) is 1. The van der Waals surface area contributed by atoms with Crippen LogP contribution in [0.2, 0.25) is 0 Å². The zero-order chi connectivity index (χ0) is 20.3. The summed E-state index contributed by atoms with van der Waals surface area (Å²) in [5.74, 6) is -1.02. The minimum absolute atomic E-state index is 0.122. The second-order valence-electron chi connectivity index (χ2n) is 5.95. The SMILES string of the molecule is CCOC(=O)Cn1/c(=N/S(=O)(=O)c2ccc(F)cc2)sc2cc(CC)ccc21. The Morgan fingerprint density at radius 2 is 1.89 bits per heavy atom. The van der Waals surface area contributed by atoms with Crippen LogP contribution >= 0.6 is 11.3 Å². The fourth-order valence-electron chi connectivity index (χ4n) is 2.66. The number of halogens is 1. The van der Waals surface area contributed by atoms with Crippen LogP contribution in [-0.2, 0) is 32.5 Å². The first-order chi connectivity index (χ1) is 13.3. The minimum atomic E-state index is -4.07. The molecule has 148 valence electrons. The third kappa shape index (κ3) is 4.31. The smallest absolute Gasteiger partial charge is 0.326 e. The third-order valence-corrected chi connectivity index (χ3v) is 6.50. The largest absolute Gasteiger partial charge is 0.465 e. The maximum atomic E-state index is 13.1. The van der Waals surface area contributed by atoms with Crippen LogP contribution in [0, 0.1) is 5.82 Å². The fraction of sp³-hybridized carbons (Fsp3) is 0.263. The maximum absolute atomic E-state index is 13.1. The van der Waals surface area contributed by atoms with Crippen molar-refractivity contribution >= 4 is 37.5 Å². The molecule has 0 saturated carbocycles. The average Bonchev–Trinajstić information content (AvgIpc) is 2.97. The molecule has 0 spiro atoms. The Morgan fingerprint density at radius 3 is 2.54 bits per heavy atom. The van der Waals surface area contributed by atoms with Crippen molar-refractivity contribution in [1.82, 2.24) is 4.57 Å². The van der Waals surface area contributed by atoms with Crippen LogP contribution in [0.25, 0.3) is 10.2 Å². The number of esters is 1. The van der Waals surface area contributed by atoms with Crippen molar-refractivity contribution in [3.05, 3.63) is 58.6 Å². The second kappa shape index (κ2) is 8.24. The zero-order valence-electron chi connectivity index (χ0n) is 15.4. The highest BCUT2D eigenvalue weighted by molar-refractivity contribution is 7.90. The lowest BCUT2D eigenvalue weighted by molar-refractivity contribution is -0.143. The van der Waals surface area contributed by atoms with E-state index in [0.29, 0.717) is 5.52 Å². The Bertz CT molecular complexity index is 1180. The van der Waals surface area contributed by atoms with Crippen LogP contribution in [0.3, 0.4) is 0 Å². The van der Waals surface area contributed by atoms with Gasteiger partial charge in [0.1, 0.15) is 12.4 Å². The zero-order valence-corrected chi connectivity index (χ0v) is 17.0. The summed E-state index contributed by atoms with van der Waals surface area (Å²) < 4.78 is 49.7. The highest BCUT2D eigenvalue weighted by atomic mass is 32.2. The molecule has 0 radical (unpaired) electrons. The van der Waals surface area contributed by atoms with Crippen LogP contribution in [-0.4, -0.2) is 25.6 Å². The first kappa shape index (κ1) is 20.2. The molecule has 2 aromatic carbocycles. The number of rotatable bonds is 6. The molecule has 0 fully saturated rings. The van der Waals surface area contributed by atoms with Gasteiger partial charge in [0.2, 0.25) is 4.80 Å². The number of carbonyl (C=O) groups excluding carboxylic acids is 1. The van der Waals surface area contributed by atoms with Crippen molar-refractivity contribution in [1.29, 1.82) is 0 Å². The first-order valence-corrected chi connectivity index (χ1v) is 10.9. The molecule has 0 atom stereocenters. The van der Waals surface area contributed by atoms with Gasteiger partial charge in [-0.2, -0.15) is 8.42 Å². The number of nitrogens with zero attached hydrogens (tertiary/aromatic N) is 2. The second-order valence-corrected chi connectivity index (χ2v) is 8.56. The molecular formula is C19H19FN2O4S2. The quantitative estimate of drug-likeness (QED) is 0.572. The number of thiazole rings is 1. The van der Waals surface area contributed by atoms with Gasteiger partial charge in [0.05, 0.1) is 21.7 Å². The molecule has 1 heterocycles. The van der Waals surface area contributed by atoms with Gasteiger partial charge in [-0.15, -0.1) is 4.40 Å². The highest BCUT2D eigenvalue weighted by Crippen LogP contribution is 2.21. The van der Waals surface area contributed by atoms with E-state index in [1.807, 2.05) is 25.1 Å². The molecule has 0 amide bonds. The van der Waals surface area contributed by atoms with E-state index in [0.717, 1.165) is 40.9 Å². The first-order valence-electron chi connectivity index (χ1n) is 8.68.